The number of anilines is 1. The van der Waals surface area contributed by atoms with Gasteiger partial charge in [0.05, 0.1) is 5.56 Å². The van der Waals surface area contributed by atoms with Crippen LogP contribution in [0.5, 0.6) is 0 Å². The Kier molecular flexibility index (Phi) is 3.37. The zero-order valence-electron chi connectivity index (χ0n) is 13.2. The molecule has 1 aliphatic heterocycles. The van der Waals surface area contributed by atoms with Crippen LogP contribution in [0.1, 0.15) is 49.6 Å². The van der Waals surface area contributed by atoms with E-state index < -0.39 is 5.60 Å². The molecule has 2 heterocycles. The predicted octanol–water partition coefficient (Wildman–Crippen LogP) is 3.03. The number of nitrogens with two attached hydrogens (primary N) is 1. The number of carbonyl (C=O) groups is 1. The van der Waals surface area contributed by atoms with E-state index in [1.165, 1.54) is 16.2 Å². The second-order valence-corrected chi connectivity index (χ2v) is 8.36. The maximum Gasteiger partial charge on any atom is 0.410 e. The lowest BCUT2D eigenvalue weighted by Gasteiger charge is -2.52. The SMILES string of the molecule is CC(C)(C)OC(=O)N1CC2(CCCc3sc(N)c(C#N)c32)C1. The molecule has 0 radical (unpaired) electrons. The van der Waals surface area contributed by atoms with Gasteiger partial charge in [-0.3, -0.25) is 0 Å². The smallest absolute Gasteiger partial charge is 0.410 e. The van der Waals surface area contributed by atoms with Gasteiger partial charge in [-0.15, -0.1) is 11.3 Å². The van der Waals surface area contributed by atoms with E-state index in [4.69, 9.17) is 10.5 Å². The molecule has 0 atom stereocenters. The molecule has 1 aromatic rings. The van der Waals surface area contributed by atoms with Crippen molar-refractivity contribution in [1.29, 1.82) is 5.26 Å². The molecular weight excluding hydrogens is 298 g/mol. The number of hydrogen-bond donors (Lipinski definition) is 1. The number of thiophene rings is 1. The van der Waals surface area contributed by atoms with Gasteiger partial charge in [0.2, 0.25) is 0 Å². The number of aryl methyl sites for hydroxylation is 1. The molecule has 1 aromatic heterocycles. The Morgan fingerprint density at radius 1 is 1.45 bits per heavy atom. The minimum atomic E-state index is -0.484. The second kappa shape index (κ2) is 4.88. The van der Waals surface area contributed by atoms with Crippen molar-refractivity contribution in [2.24, 2.45) is 0 Å². The van der Waals surface area contributed by atoms with E-state index in [1.807, 2.05) is 20.8 Å². The first-order valence-electron chi connectivity index (χ1n) is 7.55. The molecule has 1 amide bonds. The van der Waals surface area contributed by atoms with Crippen LogP contribution in [0.25, 0.3) is 0 Å². The molecule has 5 nitrogen and oxygen atoms in total. The zero-order chi connectivity index (χ0) is 16.1. The summed E-state index contributed by atoms with van der Waals surface area (Å²) in [7, 11) is 0. The van der Waals surface area contributed by atoms with Crippen LogP contribution >= 0.6 is 11.3 Å². The molecule has 3 rings (SSSR count). The average Bonchev–Trinajstić information content (AvgIpc) is 2.69. The summed E-state index contributed by atoms with van der Waals surface area (Å²) in [6.45, 7) is 6.85. The Morgan fingerprint density at radius 2 is 2.14 bits per heavy atom. The third kappa shape index (κ3) is 2.34. The van der Waals surface area contributed by atoms with Crippen LogP contribution in [0.2, 0.25) is 0 Å². The topological polar surface area (TPSA) is 79.3 Å². The zero-order valence-corrected chi connectivity index (χ0v) is 14.0. The van der Waals surface area contributed by atoms with Gasteiger partial charge in [-0.25, -0.2) is 4.79 Å². The predicted molar refractivity (Wildman–Crippen MR) is 85.9 cm³/mol. The van der Waals surface area contributed by atoms with E-state index in [-0.39, 0.29) is 11.5 Å². The highest BCUT2D eigenvalue weighted by Gasteiger charge is 2.51. The summed E-state index contributed by atoms with van der Waals surface area (Å²) in [5.74, 6) is 0. The molecule has 2 aliphatic rings. The lowest BCUT2D eigenvalue weighted by atomic mass is 9.66. The Hall–Kier alpha value is -1.74. The van der Waals surface area contributed by atoms with Crippen LogP contribution < -0.4 is 5.73 Å². The molecule has 0 unspecified atom stereocenters. The van der Waals surface area contributed by atoms with Crippen LogP contribution in [-0.2, 0) is 16.6 Å². The average molecular weight is 319 g/mol. The number of likely N-dealkylation sites (tertiary alicyclic amines) is 1. The quantitative estimate of drug-likeness (QED) is 0.797. The molecule has 1 aliphatic carbocycles. The fourth-order valence-corrected chi connectivity index (χ4v) is 4.70. The molecule has 1 saturated heterocycles. The van der Waals surface area contributed by atoms with E-state index in [1.54, 1.807) is 4.90 Å². The highest BCUT2D eigenvalue weighted by Crippen LogP contribution is 2.50. The van der Waals surface area contributed by atoms with Crippen molar-refractivity contribution in [1.82, 2.24) is 4.90 Å². The lowest BCUT2D eigenvalue weighted by Crippen LogP contribution is -2.62. The maximum absolute atomic E-state index is 12.2. The first-order chi connectivity index (χ1) is 10.3. The number of carbonyl (C=O) groups excluding carboxylic acids is 1. The van der Waals surface area contributed by atoms with Crippen LogP contribution in [0.15, 0.2) is 0 Å². The molecule has 2 N–H and O–H groups in total. The molecule has 0 aromatic carbocycles. The summed E-state index contributed by atoms with van der Waals surface area (Å²) >= 11 is 1.53. The number of amides is 1. The van der Waals surface area contributed by atoms with Gasteiger partial charge in [0, 0.05) is 23.4 Å². The molecule has 1 spiro atoms. The van der Waals surface area contributed by atoms with Gasteiger partial charge in [-0.2, -0.15) is 5.26 Å². The minimum Gasteiger partial charge on any atom is -0.444 e. The molecule has 0 bridgehead atoms. The van der Waals surface area contributed by atoms with E-state index in [0.717, 1.165) is 24.8 Å². The molecule has 6 heteroatoms. The number of nitrogen functional groups attached to an aromatic ring is 1. The van der Waals surface area contributed by atoms with Crippen molar-refractivity contribution in [3.05, 3.63) is 16.0 Å². The highest BCUT2D eigenvalue weighted by molar-refractivity contribution is 7.16. The number of nitriles is 1. The molecule has 1 fully saturated rings. The lowest BCUT2D eigenvalue weighted by molar-refractivity contribution is -0.0134. The van der Waals surface area contributed by atoms with Crippen molar-refractivity contribution in [3.8, 4) is 6.07 Å². The maximum atomic E-state index is 12.2. The summed E-state index contributed by atoms with van der Waals surface area (Å²) in [6, 6.07) is 2.26. The molecule has 0 saturated carbocycles. The van der Waals surface area contributed by atoms with Gasteiger partial charge in [0.15, 0.2) is 0 Å². The Morgan fingerprint density at radius 3 is 2.73 bits per heavy atom. The fraction of sp³-hybridized carbons (Fsp3) is 0.625. The summed E-state index contributed by atoms with van der Waals surface area (Å²) in [5.41, 5.74) is 7.15. The van der Waals surface area contributed by atoms with E-state index >= 15 is 0 Å². The van der Waals surface area contributed by atoms with E-state index in [9.17, 15) is 10.1 Å². The number of fused-ring (bicyclic) bond motifs is 2. The standard InChI is InChI=1S/C16H21N3O2S/c1-15(2,3)21-14(20)19-8-16(9-19)6-4-5-11-12(16)10(7-17)13(18)22-11/h4-6,8-9,18H2,1-3H3. The van der Waals surface area contributed by atoms with Gasteiger partial charge >= 0.3 is 6.09 Å². The number of hydrogen-bond acceptors (Lipinski definition) is 5. The summed E-state index contributed by atoms with van der Waals surface area (Å²) in [5, 5.41) is 10.0. The Bertz CT molecular complexity index is 660. The second-order valence-electron chi connectivity index (χ2n) is 7.22. The van der Waals surface area contributed by atoms with Crippen molar-refractivity contribution in [3.63, 3.8) is 0 Å². The third-order valence-electron chi connectivity index (χ3n) is 4.35. The fourth-order valence-electron chi connectivity index (χ4n) is 3.51. The third-order valence-corrected chi connectivity index (χ3v) is 5.43. The van der Waals surface area contributed by atoms with Crippen LogP contribution in [0.3, 0.4) is 0 Å². The summed E-state index contributed by atoms with van der Waals surface area (Å²) in [6.07, 6.45) is 2.80. The van der Waals surface area contributed by atoms with Gasteiger partial charge in [0.1, 0.15) is 16.7 Å². The first kappa shape index (κ1) is 15.2. The Labute approximate surface area is 134 Å². The molecular formula is C16H21N3O2S. The number of nitrogens with zero attached hydrogens (tertiary/aromatic N) is 2. The minimum absolute atomic E-state index is 0.0936. The molecule has 118 valence electrons. The molecule has 22 heavy (non-hydrogen) atoms. The summed E-state index contributed by atoms with van der Waals surface area (Å²) in [4.78, 5) is 15.1. The van der Waals surface area contributed by atoms with Gasteiger partial charge in [0.25, 0.3) is 0 Å². The number of ether oxygens (including phenoxy) is 1. The number of rotatable bonds is 0. The van der Waals surface area contributed by atoms with Crippen molar-refractivity contribution in [2.75, 3.05) is 18.8 Å². The first-order valence-corrected chi connectivity index (χ1v) is 8.37. The van der Waals surface area contributed by atoms with Crippen LogP contribution in [0, 0.1) is 11.3 Å². The normalized spacial score (nSPS) is 19.3. The highest BCUT2D eigenvalue weighted by atomic mass is 32.1. The van der Waals surface area contributed by atoms with Gasteiger partial charge in [-0.1, -0.05) is 0 Å². The monoisotopic (exact) mass is 319 g/mol. The summed E-state index contributed by atoms with van der Waals surface area (Å²) < 4.78 is 5.43. The Balaban J connectivity index is 1.83. The largest absolute Gasteiger partial charge is 0.444 e. The van der Waals surface area contributed by atoms with Crippen molar-refractivity contribution in [2.45, 2.75) is 51.0 Å². The van der Waals surface area contributed by atoms with E-state index in [0.29, 0.717) is 23.7 Å². The van der Waals surface area contributed by atoms with Crippen LogP contribution in [0.4, 0.5) is 9.80 Å². The van der Waals surface area contributed by atoms with Crippen molar-refractivity contribution >= 4 is 22.4 Å². The van der Waals surface area contributed by atoms with Crippen molar-refractivity contribution < 1.29 is 9.53 Å². The van der Waals surface area contributed by atoms with Gasteiger partial charge < -0.3 is 15.4 Å². The van der Waals surface area contributed by atoms with Crippen LogP contribution in [-0.4, -0.2) is 29.7 Å². The van der Waals surface area contributed by atoms with E-state index in [2.05, 4.69) is 6.07 Å². The van der Waals surface area contributed by atoms with Gasteiger partial charge in [-0.05, 0) is 45.6 Å².